The van der Waals surface area contributed by atoms with E-state index in [1.165, 1.54) is 0 Å². The van der Waals surface area contributed by atoms with Crippen LogP contribution < -0.4 is 10.6 Å². The maximum Gasteiger partial charge on any atom is 0.128 e. The Bertz CT molecular complexity index is 341. The summed E-state index contributed by atoms with van der Waals surface area (Å²) in [5.41, 5.74) is 6.08. The molecule has 0 aliphatic rings. The van der Waals surface area contributed by atoms with Crippen LogP contribution in [0.15, 0.2) is 18.3 Å². The topological polar surface area (TPSA) is 62.4 Å². The Kier molecular flexibility index (Phi) is 4.48. The van der Waals surface area contributed by atoms with E-state index in [9.17, 15) is 5.11 Å². The van der Waals surface area contributed by atoms with Crippen LogP contribution in [0.4, 0.5) is 5.82 Å². The zero-order chi connectivity index (χ0) is 13.1. The molecular weight excluding hydrogens is 214 g/mol. The van der Waals surface area contributed by atoms with Crippen molar-refractivity contribution in [1.82, 2.24) is 4.98 Å². The zero-order valence-electron chi connectivity index (χ0n) is 11.1. The first-order chi connectivity index (χ1) is 7.83. The van der Waals surface area contributed by atoms with Crippen molar-refractivity contribution in [1.29, 1.82) is 0 Å². The molecule has 0 saturated carbocycles. The van der Waals surface area contributed by atoms with Crippen LogP contribution in [0, 0.1) is 0 Å². The van der Waals surface area contributed by atoms with Gasteiger partial charge in [-0.3, -0.25) is 0 Å². The molecule has 0 aromatic carbocycles. The van der Waals surface area contributed by atoms with Crippen LogP contribution in [-0.2, 0) is 0 Å². The van der Waals surface area contributed by atoms with Crippen LogP contribution in [0.1, 0.15) is 39.3 Å². The molecular formula is C13H23N3O. The highest BCUT2D eigenvalue weighted by molar-refractivity contribution is 5.40. The average molecular weight is 237 g/mol. The van der Waals surface area contributed by atoms with Crippen molar-refractivity contribution in [2.45, 2.75) is 39.3 Å². The SMILES string of the molecule is CCN(CC(C)(C)O)c1ccc([C@H](C)N)cn1. The molecule has 0 aliphatic carbocycles. The lowest BCUT2D eigenvalue weighted by molar-refractivity contribution is 0.0874. The average Bonchev–Trinajstić information content (AvgIpc) is 2.25. The second-order valence-corrected chi connectivity index (χ2v) is 5.07. The van der Waals surface area contributed by atoms with Gasteiger partial charge in [0.2, 0.25) is 0 Å². The lowest BCUT2D eigenvalue weighted by Crippen LogP contribution is -2.39. The maximum atomic E-state index is 9.83. The number of hydrogen-bond acceptors (Lipinski definition) is 4. The molecule has 1 aromatic rings. The molecule has 0 bridgehead atoms. The number of rotatable bonds is 5. The molecule has 3 N–H and O–H groups in total. The van der Waals surface area contributed by atoms with Gasteiger partial charge in [-0.15, -0.1) is 0 Å². The second kappa shape index (κ2) is 5.47. The summed E-state index contributed by atoms with van der Waals surface area (Å²) in [5, 5.41) is 9.83. The van der Waals surface area contributed by atoms with E-state index < -0.39 is 5.60 Å². The number of anilines is 1. The Hall–Kier alpha value is -1.13. The fraction of sp³-hybridized carbons (Fsp3) is 0.615. The van der Waals surface area contributed by atoms with Crippen molar-refractivity contribution in [2.24, 2.45) is 5.73 Å². The number of nitrogens with two attached hydrogens (primary N) is 1. The van der Waals surface area contributed by atoms with Gasteiger partial charge in [-0.05, 0) is 39.3 Å². The predicted octanol–water partition coefficient (Wildman–Crippen LogP) is 1.70. The fourth-order valence-electron chi connectivity index (χ4n) is 1.68. The van der Waals surface area contributed by atoms with Gasteiger partial charge in [-0.2, -0.15) is 0 Å². The Morgan fingerprint density at radius 2 is 2.12 bits per heavy atom. The second-order valence-electron chi connectivity index (χ2n) is 5.07. The zero-order valence-corrected chi connectivity index (χ0v) is 11.1. The Labute approximate surface area is 103 Å². The lowest BCUT2D eigenvalue weighted by atomic mass is 10.1. The summed E-state index contributed by atoms with van der Waals surface area (Å²) in [4.78, 5) is 6.44. The summed E-state index contributed by atoms with van der Waals surface area (Å²) < 4.78 is 0. The third kappa shape index (κ3) is 4.32. The predicted molar refractivity (Wildman–Crippen MR) is 71.0 cm³/mol. The molecule has 1 aromatic heterocycles. The summed E-state index contributed by atoms with van der Waals surface area (Å²) in [6.45, 7) is 8.96. The molecule has 0 aliphatic heterocycles. The third-order valence-electron chi connectivity index (χ3n) is 2.58. The van der Waals surface area contributed by atoms with E-state index in [0.717, 1.165) is 17.9 Å². The van der Waals surface area contributed by atoms with E-state index in [1.54, 1.807) is 20.0 Å². The van der Waals surface area contributed by atoms with Crippen LogP contribution in [0.2, 0.25) is 0 Å². The highest BCUT2D eigenvalue weighted by Gasteiger charge is 2.18. The maximum absolute atomic E-state index is 9.83. The minimum absolute atomic E-state index is 0.000842. The first-order valence-corrected chi connectivity index (χ1v) is 6.02. The van der Waals surface area contributed by atoms with Crippen LogP contribution >= 0.6 is 0 Å². The first kappa shape index (κ1) is 13.9. The monoisotopic (exact) mass is 237 g/mol. The smallest absolute Gasteiger partial charge is 0.128 e. The summed E-state index contributed by atoms with van der Waals surface area (Å²) in [5.74, 6) is 0.874. The number of aliphatic hydroxyl groups is 1. The summed E-state index contributed by atoms with van der Waals surface area (Å²) in [7, 11) is 0. The molecule has 4 nitrogen and oxygen atoms in total. The minimum atomic E-state index is -0.725. The minimum Gasteiger partial charge on any atom is -0.389 e. The van der Waals surface area contributed by atoms with E-state index in [2.05, 4.69) is 4.98 Å². The molecule has 0 fully saturated rings. The highest BCUT2D eigenvalue weighted by Crippen LogP contribution is 2.16. The van der Waals surface area contributed by atoms with Gasteiger partial charge in [0.25, 0.3) is 0 Å². The van der Waals surface area contributed by atoms with E-state index in [0.29, 0.717) is 6.54 Å². The van der Waals surface area contributed by atoms with Crippen molar-refractivity contribution in [2.75, 3.05) is 18.0 Å². The van der Waals surface area contributed by atoms with E-state index in [-0.39, 0.29) is 6.04 Å². The van der Waals surface area contributed by atoms with Crippen LogP contribution in [-0.4, -0.2) is 28.8 Å². The van der Waals surface area contributed by atoms with Crippen molar-refractivity contribution < 1.29 is 5.11 Å². The molecule has 0 saturated heterocycles. The van der Waals surface area contributed by atoms with Gasteiger partial charge >= 0.3 is 0 Å². The summed E-state index contributed by atoms with van der Waals surface area (Å²) in [6, 6.07) is 3.94. The largest absolute Gasteiger partial charge is 0.389 e. The highest BCUT2D eigenvalue weighted by atomic mass is 16.3. The quantitative estimate of drug-likeness (QED) is 0.818. The van der Waals surface area contributed by atoms with Gasteiger partial charge in [-0.25, -0.2) is 4.98 Å². The van der Waals surface area contributed by atoms with E-state index >= 15 is 0 Å². The van der Waals surface area contributed by atoms with E-state index in [4.69, 9.17) is 5.73 Å². The van der Waals surface area contributed by atoms with Crippen LogP contribution in [0.25, 0.3) is 0 Å². The summed E-state index contributed by atoms with van der Waals surface area (Å²) in [6.07, 6.45) is 1.80. The Morgan fingerprint density at radius 3 is 2.47 bits per heavy atom. The summed E-state index contributed by atoms with van der Waals surface area (Å²) >= 11 is 0. The lowest BCUT2D eigenvalue weighted by Gasteiger charge is -2.29. The molecule has 0 spiro atoms. The van der Waals surface area contributed by atoms with E-state index in [1.807, 2.05) is 30.9 Å². The normalized spacial score (nSPS) is 13.5. The standard InChI is InChI=1S/C13H23N3O/c1-5-16(9-13(3,4)17)12-7-6-11(8-15-12)10(2)14/h6-8,10,17H,5,9,14H2,1-4H3/t10-/m0/s1. The van der Waals surface area contributed by atoms with Gasteiger partial charge in [-0.1, -0.05) is 6.07 Å². The van der Waals surface area contributed by atoms with Crippen molar-refractivity contribution in [3.63, 3.8) is 0 Å². The number of aromatic nitrogens is 1. The van der Waals surface area contributed by atoms with Crippen molar-refractivity contribution in [3.05, 3.63) is 23.9 Å². The third-order valence-corrected chi connectivity index (χ3v) is 2.58. The molecule has 1 heterocycles. The molecule has 17 heavy (non-hydrogen) atoms. The van der Waals surface area contributed by atoms with Gasteiger partial charge in [0, 0.05) is 25.3 Å². The first-order valence-electron chi connectivity index (χ1n) is 6.02. The Balaban J connectivity index is 2.82. The van der Waals surface area contributed by atoms with Crippen LogP contribution in [0.5, 0.6) is 0 Å². The van der Waals surface area contributed by atoms with Gasteiger partial charge in [0.05, 0.1) is 5.60 Å². The van der Waals surface area contributed by atoms with Crippen molar-refractivity contribution >= 4 is 5.82 Å². The molecule has 0 radical (unpaired) electrons. The number of likely N-dealkylation sites (N-methyl/N-ethyl adjacent to an activating group) is 1. The molecule has 1 rings (SSSR count). The fourth-order valence-corrected chi connectivity index (χ4v) is 1.68. The molecule has 4 heteroatoms. The number of pyridine rings is 1. The van der Waals surface area contributed by atoms with Gasteiger partial charge < -0.3 is 15.7 Å². The Morgan fingerprint density at radius 1 is 1.47 bits per heavy atom. The number of hydrogen-bond donors (Lipinski definition) is 2. The molecule has 1 atom stereocenters. The molecule has 0 unspecified atom stereocenters. The molecule has 96 valence electrons. The van der Waals surface area contributed by atoms with Crippen molar-refractivity contribution in [3.8, 4) is 0 Å². The molecule has 0 amide bonds. The van der Waals surface area contributed by atoms with Gasteiger partial charge in [0.1, 0.15) is 5.82 Å². The number of nitrogens with zero attached hydrogens (tertiary/aromatic N) is 2. The van der Waals surface area contributed by atoms with Crippen LogP contribution in [0.3, 0.4) is 0 Å². The van der Waals surface area contributed by atoms with Gasteiger partial charge in [0.15, 0.2) is 0 Å².